The van der Waals surface area contributed by atoms with Gasteiger partial charge in [-0.2, -0.15) is 0 Å². The molecule has 0 bridgehead atoms. The second-order valence-corrected chi connectivity index (χ2v) is 6.11. The summed E-state index contributed by atoms with van der Waals surface area (Å²) >= 11 is 0. The molecular weight excluding hydrogens is 256 g/mol. The first kappa shape index (κ1) is 15.7. The van der Waals surface area contributed by atoms with Crippen LogP contribution in [0.5, 0.6) is 0 Å². The van der Waals surface area contributed by atoms with Gasteiger partial charge in [0.15, 0.2) is 0 Å². The van der Waals surface area contributed by atoms with E-state index in [1.807, 2.05) is 0 Å². The van der Waals surface area contributed by atoms with Gasteiger partial charge in [0.25, 0.3) is 0 Å². The van der Waals surface area contributed by atoms with Crippen molar-refractivity contribution in [3.63, 3.8) is 0 Å². The highest BCUT2D eigenvalue weighted by Crippen LogP contribution is 2.20. The van der Waals surface area contributed by atoms with Crippen molar-refractivity contribution in [1.29, 1.82) is 0 Å². The lowest BCUT2D eigenvalue weighted by Gasteiger charge is -2.40. The quantitative estimate of drug-likeness (QED) is 0.724. The lowest BCUT2D eigenvalue weighted by Crippen LogP contribution is -2.53. The van der Waals surface area contributed by atoms with E-state index in [0.717, 1.165) is 52.0 Å². The Morgan fingerprint density at radius 1 is 1.35 bits per heavy atom. The Bertz CT molecular complexity index is 322. The zero-order valence-electron chi connectivity index (χ0n) is 13.0. The highest BCUT2D eigenvalue weighted by Gasteiger charge is 2.32. The molecule has 0 radical (unpaired) electrons. The van der Waals surface area contributed by atoms with Gasteiger partial charge in [0.05, 0.1) is 19.8 Å². The standard InChI is InChI=1S/C15H28N2O3/c1-12(2)16-8-9-20-13(10-16)11-17-7-5-4-6-14(17)15(18)19-3/h12-14H,4-11H2,1-3H3/t13?,14-/m1/s1. The van der Waals surface area contributed by atoms with Gasteiger partial charge < -0.3 is 9.47 Å². The number of ether oxygens (including phenoxy) is 2. The molecule has 0 aliphatic carbocycles. The predicted octanol–water partition coefficient (Wildman–Crippen LogP) is 1.12. The number of esters is 1. The molecule has 1 unspecified atom stereocenters. The van der Waals surface area contributed by atoms with Gasteiger partial charge in [0, 0.05) is 25.7 Å². The number of nitrogens with zero attached hydrogens (tertiary/aromatic N) is 2. The van der Waals surface area contributed by atoms with E-state index in [1.165, 1.54) is 7.11 Å². The van der Waals surface area contributed by atoms with Crippen LogP contribution in [0, 0.1) is 0 Å². The number of carbonyl (C=O) groups is 1. The molecule has 0 spiro atoms. The maximum atomic E-state index is 11.9. The third-order valence-corrected chi connectivity index (χ3v) is 4.43. The van der Waals surface area contributed by atoms with Gasteiger partial charge in [0.1, 0.15) is 6.04 Å². The molecule has 2 aliphatic heterocycles. The maximum absolute atomic E-state index is 11.9. The summed E-state index contributed by atoms with van der Waals surface area (Å²) in [6.07, 6.45) is 3.39. The molecule has 2 aliphatic rings. The number of hydrogen-bond donors (Lipinski definition) is 0. The molecule has 5 nitrogen and oxygen atoms in total. The maximum Gasteiger partial charge on any atom is 0.323 e. The van der Waals surface area contributed by atoms with Gasteiger partial charge >= 0.3 is 5.97 Å². The average Bonchev–Trinajstić information content (AvgIpc) is 2.47. The number of methoxy groups -OCH3 is 1. The molecule has 0 amide bonds. The van der Waals surface area contributed by atoms with Gasteiger partial charge in [-0.05, 0) is 33.2 Å². The van der Waals surface area contributed by atoms with Crippen LogP contribution in [0.2, 0.25) is 0 Å². The van der Waals surface area contributed by atoms with Crippen LogP contribution in [0.4, 0.5) is 0 Å². The highest BCUT2D eigenvalue weighted by atomic mass is 16.5. The Morgan fingerprint density at radius 2 is 2.15 bits per heavy atom. The van der Waals surface area contributed by atoms with Gasteiger partial charge in [-0.3, -0.25) is 14.6 Å². The summed E-state index contributed by atoms with van der Waals surface area (Å²) in [5.41, 5.74) is 0. The minimum Gasteiger partial charge on any atom is -0.468 e. The van der Waals surface area contributed by atoms with Crippen LogP contribution in [-0.2, 0) is 14.3 Å². The summed E-state index contributed by atoms with van der Waals surface area (Å²) in [5.74, 6) is -0.0961. The second-order valence-electron chi connectivity index (χ2n) is 6.11. The van der Waals surface area contributed by atoms with Crippen molar-refractivity contribution in [2.24, 2.45) is 0 Å². The Morgan fingerprint density at radius 3 is 2.85 bits per heavy atom. The summed E-state index contributed by atoms with van der Waals surface area (Å²) in [4.78, 5) is 16.6. The zero-order valence-corrected chi connectivity index (χ0v) is 13.0. The second kappa shape index (κ2) is 7.38. The first-order valence-corrected chi connectivity index (χ1v) is 7.79. The molecule has 2 rings (SSSR count). The molecule has 2 heterocycles. The van der Waals surface area contributed by atoms with Crippen LogP contribution in [0.1, 0.15) is 33.1 Å². The SMILES string of the molecule is COC(=O)[C@H]1CCCCN1CC1CN(C(C)C)CCO1. The minimum atomic E-state index is -0.0961. The summed E-state index contributed by atoms with van der Waals surface area (Å²) in [6.45, 7) is 9.02. The van der Waals surface area contributed by atoms with Gasteiger partial charge in [-0.15, -0.1) is 0 Å². The summed E-state index contributed by atoms with van der Waals surface area (Å²) in [6, 6.07) is 0.478. The van der Waals surface area contributed by atoms with Crippen LogP contribution in [0.3, 0.4) is 0 Å². The van der Waals surface area contributed by atoms with Crippen LogP contribution in [0.25, 0.3) is 0 Å². The summed E-state index contributed by atoms with van der Waals surface area (Å²) < 4.78 is 10.8. The molecule has 116 valence electrons. The minimum absolute atomic E-state index is 0.0771. The van der Waals surface area contributed by atoms with Crippen LogP contribution in [0.15, 0.2) is 0 Å². The fraction of sp³-hybridized carbons (Fsp3) is 0.933. The fourth-order valence-electron chi connectivity index (χ4n) is 3.20. The molecule has 0 aromatic carbocycles. The van der Waals surface area contributed by atoms with Crippen molar-refractivity contribution in [3.8, 4) is 0 Å². The van der Waals surface area contributed by atoms with E-state index in [9.17, 15) is 4.79 Å². The van der Waals surface area contributed by atoms with Crippen LogP contribution >= 0.6 is 0 Å². The molecule has 0 aromatic rings. The highest BCUT2D eigenvalue weighted by molar-refractivity contribution is 5.75. The van der Waals surface area contributed by atoms with Crippen molar-refractivity contribution in [1.82, 2.24) is 9.80 Å². The average molecular weight is 284 g/mol. The first-order chi connectivity index (χ1) is 9.61. The molecule has 0 aromatic heterocycles. The largest absolute Gasteiger partial charge is 0.468 e. The van der Waals surface area contributed by atoms with E-state index in [2.05, 4.69) is 23.6 Å². The number of likely N-dealkylation sites (tertiary alicyclic amines) is 1. The molecule has 0 saturated carbocycles. The third-order valence-electron chi connectivity index (χ3n) is 4.43. The Balaban J connectivity index is 1.91. The Labute approximate surface area is 122 Å². The molecule has 20 heavy (non-hydrogen) atoms. The number of rotatable bonds is 4. The van der Waals surface area contributed by atoms with Gasteiger partial charge in [-0.1, -0.05) is 6.42 Å². The normalized spacial score (nSPS) is 29.6. The lowest BCUT2D eigenvalue weighted by molar-refractivity contribution is -0.149. The number of hydrogen-bond acceptors (Lipinski definition) is 5. The molecule has 2 atom stereocenters. The summed E-state index contributed by atoms with van der Waals surface area (Å²) in [5, 5.41) is 0. The smallest absolute Gasteiger partial charge is 0.323 e. The van der Waals surface area contributed by atoms with E-state index >= 15 is 0 Å². The van der Waals surface area contributed by atoms with Gasteiger partial charge in [-0.25, -0.2) is 0 Å². The Hall–Kier alpha value is -0.650. The third kappa shape index (κ3) is 3.93. The van der Waals surface area contributed by atoms with E-state index in [4.69, 9.17) is 9.47 Å². The van der Waals surface area contributed by atoms with Crippen molar-refractivity contribution in [2.45, 2.75) is 51.3 Å². The van der Waals surface area contributed by atoms with E-state index < -0.39 is 0 Å². The molecule has 0 N–H and O–H groups in total. The molecule has 5 heteroatoms. The van der Waals surface area contributed by atoms with Crippen molar-refractivity contribution < 1.29 is 14.3 Å². The predicted molar refractivity (Wildman–Crippen MR) is 77.7 cm³/mol. The first-order valence-electron chi connectivity index (χ1n) is 7.79. The van der Waals surface area contributed by atoms with E-state index in [-0.39, 0.29) is 18.1 Å². The van der Waals surface area contributed by atoms with Crippen LogP contribution in [-0.4, -0.2) is 73.9 Å². The number of morpholine rings is 1. The monoisotopic (exact) mass is 284 g/mol. The van der Waals surface area contributed by atoms with Crippen molar-refractivity contribution in [2.75, 3.05) is 39.9 Å². The lowest BCUT2D eigenvalue weighted by atomic mass is 10.0. The van der Waals surface area contributed by atoms with E-state index in [0.29, 0.717) is 6.04 Å². The van der Waals surface area contributed by atoms with E-state index in [1.54, 1.807) is 0 Å². The number of piperidine rings is 1. The molecular formula is C15H28N2O3. The fourth-order valence-corrected chi connectivity index (χ4v) is 3.20. The topological polar surface area (TPSA) is 42.0 Å². The van der Waals surface area contributed by atoms with Crippen molar-refractivity contribution in [3.05, 3.63) is 0 Å². The molecule has 2 saturated heterocycles. The summed E-state index contributed by atoms with van der Waals surface area (Å²) in [7, 11) is 1.48. The van der Waals surface area contributed by atoms with Crippen molar-refractivity contribution >= 4 is 5.97 Å². The zero-order chi connectivity index (χ0) is 14.5. The van der Waals surface area contributed by atoms with Gasteiger partial charge in [0.2, 0.25) is 0 Å². The number of carbonyl (C=O) groups excluding carboxylic acids is 1. The Kier molecular flexibility index (Phi) is 5.81. The van der Waals surface area contributed by atoms with Crippen LogP contribution < -0.4 is 0 Å². The molecule has 2 fully saturated rings.